The highest BCUT2D eigenvalue weighted by Crippen LogP contribution is 2.05. The Morgan fingerprint density at radius 1 is 1.42 bits per heavy atom. The molecule has 0 spiro atoms. The van der Waals surface area contributed by atoms with Gasteiger partial charge in [0.25, 0.3) is 0 Å². The van der Waals surface area contributed by atoms with Crippen LogP contribution in [0.3, 0.4) is 0 Å². The van der Waals surface area contributed by atoms with Gasteiger partial charge >= 0.3 is 5.97 Å². The van der Waals surface area contributed by atoms with Crippen molar-refractivity contribution in [3.8, 4) is 0 Å². The van der Waals surface area contributed by atoms with Crippen LogP contribution in [-0.4, -0.2) is 18.2 Å². The molecule has 0 bridgehead atoms. The fraction of sp³-hybridized carbons (Fsp3) is 0.111. The molecule has 63 valence electrons. The van der Waals surface area contributed by atoms with Crippen LogP contribution in [0.1, 0.15) is 15.9 Å². The Bertz CT molecular complexity index is 264. The van der Waals surface area contributed by atoms with E-state index >= 15 is 0 Å². The largest absolute Gasteiger partial charge is 0.465 e. The van der Waals surface area contributed by atoms with Crippen LogP contribution in [0.4, 0.5) is 0 Å². The maximum absolute atomic E-state index is 10.9. The summed E-state index contributed by atoms with van der Waals surface area (Å²) in [5, 5.41) is 8.58. The Morgan fingerprint density at radius 2 is 2.00 bits per heavy atom. The molecule has 3 heteroatoms. The fourth-order valence-corrected chi connectivity index (χ4v) is 0.823. The minimum absolute atomic E-state index is 0.375. The summed E-state index contributed by atoms with van der Waals surface area (Å²) < 4.78 is 4.50. The number of carbonyl (C=O) groups excluding carboxylic acids is 1. The second-order valence-corrected chi connectivity index (χ2v) is 2.24. The first kappa shape index (κ1) is 8.74. The number of hydrogen-bond donors (Lipinski definition) is 1. The van der Waals surface area contributed by atoms with Gasteiger partial charge in [-0.2, -0.15) is 0 Å². The van der Waals surface area contributed by atoms with Gasteiger partial charge in [-0.05, 0) is 17.7 Å². The lowest BCUT2D eigenvalue weighted by molar-refractivity contribution is 0.0600. The van der Waals surface area contributed by atoms with Crippen molar-refractivity contribution in [2.24, 2.45) is 0 Å². The van der Waals surface area contributed by atoms with Crippen LogP contribution in [-0.2, 0) is 4.74 Å². The van der Waals surface area contributed by atoms with E-state index in [1.54, 1.807) is 24.3 Å². The van der Waals surface area contributed by atoms with Gasteiger partial charge in [0.05, 0.1) is 12.7 Å². The quantitative estimate of drug-likeness (QED) is 0.673. The number of aliphatic hydroxyl groups is 1. The van der Waals surface area contributed by atoms with Crippen LogP contribution >= 0.6 is 0 Å². The normalized spacial score (nSPS) is 9.50. The van der Waals surface area contributed by atoms with Crippen LogP contribution in [0, 0.1) is 6.61 Å². The predicted molar refractivity (Wildman–Crippen MR) is 43.1 cm³/mol. The highest BCUT2D eigenvalue weighted by molar-refractivity contribution is 5.89. The van der Waals surface area contributed by atoms with E-state index in [0.29, 0.717) is 11.1 Å². The van der Waals surface area contributed by atoms with Crippen molar-refractivity contribution in [3.05, 3.63) is 42.0 Å². The molecule has 0 saturated heterocycles. The van der Waals surface area contributed by atoms with E-state index < -0.39 is 0 Å². The number of hydrogen-bond acceptors (Lipinski definition) is 3. The molecule has 0 aliphatic carbocycles. The highest BCUT2D eigenvalue weighted by atomic mass is 16.5. The zero-order valence-corrected chi connectivity index (χ0v) is 6.65. The van der Waals surface area contributed by atoms with Gasteiger partial charge in [0, 0.05) is 0 Å². The van der Waals surface area contributed by atoms with Crippen molar-refractivity contribution in [2.75, 3.05) is 7.11 Å². The molecular weight excluding hydrogens is 156 g/mol. The summed E-state index contributed by atoms with van der Waals surface area (Å²) in [5.41, 5.74) is 1.13. The topological polar surface area (TPSA) is 46.5 Å². The van der Waals surface area contributed by atoms with E-state index in [-0.39, 0.29) is 5.97 Å². The second-order valence-electron chi connectivity index (χ2n) is 2.24. The molecule has 1 aromatic carbocycles. The number of carbonyl (C=O) groups is 1. The van der Waals surface area contributed by atoms with E-state index in [9.17, 15) is 4.79 Å². The van der Waals surface area contributed by atoms with E-state index in [0.717, 1.165) is 6.61 Å². The lowest BCUT2D eigenvalue weighted by Gasteiger charge is -1.99. The van der Waals surface area contributed by atoms with E-state index in [4.69, 9.17) is 5.11 Å². The predicted octanol–water partition coefficient (Wildman–Crippen LogP) is 1.36. The van der Waals surface area contributed by atoms with Gasteiger partial charge in [-0.1, -0.05) is 12.1 Å². The van der Waals surface area contributed by atoms with Crippen LogP contribution in [0.15, 0.2) is 24.3 Å². The SMILES string of the molecule is COC(=O)c1ccc([CH]O)cc1. The van der Waals surface area contributed by atoms with Gasteiger partial charge in [0.2, 0.25) is 0 Å². The highest BCUT2D eigenvalue weighted by Gasteiger charge is 2.03. The number of benzene rings is 1. The zero-order chi connectivity index (χ0) is 8.97. The first-order chi connectivity index (χ1) is 5.77. The van der Waals surface area contributed by atoms with Crippen molar-refractivity contribution < 1.29 is 14.6 Å². The lowest BCUT2D eigenvalue weighted by atomic mass is 10.1. The van der Waals surface area contributed by atoms with Crippen LogP contribution in [0.2, 0.25) is 0 Å². The van der Waals surface area contributed by atoms with E-state index in [2.05, 4.69) is 4.74 Å². The number of aliphatic hydroxyl groups excluding tert-OH is 1. The molecule has 1 N–H and O–H groups in total. The summed E-state index contributed by atoms with van der Waals surface area (Å²) in [6.45, 7) is 0.973. The summed E-state index contributed by atoms with van der Waals surface area (Å²) in [5.74, 6) is -0.375. The third kappa shape index (κ3) is 1.83. The summed E-state index contributed by atoms with van der Waals surface area (Å²) in [6, 6.07) is 6.44. The number of esters is 1. The average molecular weight is 165 g/mol. The Morgan fingerprint density at radius 3 is 2.42 bits per heavy atom. The van der Waals surface area contributed by atoms with Gasteiger partial charge in [0.1, 0.15) is 6.61 Å². The molecule has 0 saturated carbocycles. The molecule has 0 fully saturated rings. The third-order valence-electron chi connectivity index (χ3n) is 1.48. The molecule has 3 nitrogen and oxygen atoms in total. The fourth-order valence-electron chi connectivity index (χ4n) is 0.823. The molecule has 0 aliphatic heterocycles. The molecule has 0 atom stereocenters. The Labute approximate surface area is 70.6 Å². The van der Waals surface area contributed by atoms with Crippen LogP contribution < -0.4 is 0 Å². The second kappa shape index (κ2) is 3.88. The molecule has 0 aliphatic rings. The van der Waals surface area contributed by atoms with Crippen LogP contribution in [0.5, 0.6) is 0 Å². The maximum atomic E-state index is 10.9. The number of rotatable bonds is 2. The maximum Gasteiger partial charge on any atom is 0.337 e. The van der Waals surface area contributed by atoms with Crippen LogP contribution in [0.25, 0.3) is 0 Å². The molecule has 12 heavy (non-hydrogen) atoms. The van der Waals surface area contributed by atoms with Gasteiger partial charge in [-0.15, -0.1) is 0 Å². The Kier molecular flexibility index (Phi) is 2.82. The number of methoxy groups -OCH3 is 1. The monoisotopic (exact) mass is 165 g/mol. The zero-order valence-electron chi connectivity index (χ0n) is 6.65. The molecule has 0 amide bonds. The first-order valence-corrected chi connectivity index (χ1v) is 3.43. The van der Waals surface area contributed by atoms with Crippen molar-refractivity contribution >= 4 is 5.97 Å². The molecule has 1 rings (SSSR count). The van der Waals surface area contributed by atoms with E-state index in [1.807, 2.05) is 0 Å². The minimum atomic E-state index is -0.375. The summed E-state index contributed by atoms with van der Waals surface area (Å²) >= 11 is 0. The molecule has 1 radical (unpaired) electrons. The molecule has 0 heterocycles. The summed E-state index contributed by atoms with van der Waals surface area (Å²) in [4.78, 5) is 10.9. The number of ether oxygens (including phenoxy) is 1. The molecule has 0 unspecified atom stereocenters. The molecular formula is C9H9O3. The minimum Gasteiger partial charge on any atom is -0.465 e. The smallest absolute Gasteiger partial charge is 0.337 e. The van der Waals surface area contributed by atoms with Crippen molar-refractivity contribution in [1.29, 1.82) is 0 Å². The van der Waals surface area contributed by atoms with Gasteiger partial charge in [-0.25, -0.2) is 4.79 Å². The average Bonchev–Trinajstić information content (AvgIpc) is 2.17. The molecule has 0 aromatic heterocycles. The first-order valence-electron chi connectivity index (χ1n) is 3.43. The molecule has 1 aromatic rings. The van der Waals surface area contributed by atoms with Crippen molar-refractivity contribution in [2.45, 2.75) is 0 Å². The lowest BCUT2D eigenvalue weighted by Crippen LogP contribution is -2.00. The standard InChI is InChI=1S/C9H9O3/c1-12-9(11)8-4-2-7(6-10)3-5-8/h2-6,10H,1H3. The van der Waals surface area contributed by atoms with Crippen molar-refractivity contribution in [3.63, 3.8) is 0 Å². The van der Waals surface area contributed by atoms with Gasteiger partial charge < -0.3 is 9.84 Å². The summed E-state index contributed by atoms with van der Waals surface area (Å²) in [6.07, 6.45) is 0. The van der Waals surface area contributed by atoms with Gasteiger partial charge in [0.15, 0.2) is 0 Å². The van der Waals surface area contributed by atoms with Crippen molar-refractivity contribution in [1.82, 2.24) is 0 Å². The van der Waals surface area contributed by atoms with Gasteiger partial charge in [-0.3, -0.25) is 0 Å². The Balaban J connectivity index is 2.84. The Hall–Kier alpha value is -1.35. The summed E-state index contributed by atoms with van der Waals surface area (Å²) in [7, 11) is 1.33. The van der Waals surface area contributed by atoms with E-state index in [1.165, 1.54) is 7.11 Å². The third-order valence-corrected chi connectivity index (χ3v) is 1.48.